The van der Waals surface area contributed by atoms with Gasteiger partial charge in [-0.3, -0.25) is 14.6 Å². The maximum Gasteiger partial charge on any atom is 0.251 e. The zero-order chi connectivity index (χ0) is 26.2. The molecule has 3 aromatic carbocycles. The minimum atomic E-state index is -0.654. The Morgan fingerprint density at radius 3 is 2.16 bits per heavy atom. The second-order valence-electron chi connectivity index (χ2n) is 8.89. The molecule has 1 heterocycles. The number of hydrogen-bond donors (Lipinski definition) is 3. The molecule has 37 heavy (non-hydrogen) atoms. The number of hydrogen-bond acceptors (Lipinski definition) is 5. The monoisotopic (exact) mass is 494 g/mol. The quantitative estimate of drug-likeness (QED) is 0.324. The third-order valence-corrected chi connectivity index (χ3v) is 6.11. The van der Waals surface area contributed by atoms with Crippen molar-refractivity contribution < 1.29 is 14.7 Å². The first-order valence-electron chi connectivity index (χ1n) is 12.0. The molecule has 2 amide bonds. The van der Waals surface area contributed by atoms with E-state index in [9.17, 15) is 14.7 Å². The van der Waals surface area contributed by atoms with Gasteiger partial charge in [0.2, 0.25) is 0 Å². The van der Waals surface area contributed by atoms with E-state index in [1.165, 1.54) is 0 Å². The molecule has 0 spiro atoms. The van der Waals surface area contributed by atoms with E-state index in [-0.39, 0.29) is 18.4 Å². The predicted molar refractivity (Wildman–Crippen MR) is 145 cm³/mol. The van der Waals surface area contributed by atoms with Gasteiger partial charge in [-0.25, -0.2) is 0 Å². The first kappa shape index (κ1) is 25.6. The molecule has 1 aromatic heterocycles. The van der Waals surface area contributed by atoms with Gasteiger partial charge in [0.1, 0.15) is 0 Å². The number of anilines is 1. The van der Waals surface area contributed by atoms with Gasteiger partial charge < -0.3 is 20.6 Å². The summed E-state index contributed by atoms with van der Waals surface area (Å²) in [6.07, 6.45) is 3.44. The number of benzene rings is 3. The normalized spacial score (nSPS) is 11.4. The fraction of sp³-hybridized carbons (Fsp3) is 0.167. The Bertz CT molecular complexity index is 1340. The van der Waals surface area contributed by atoms with Crippen molar-refractivity contribution in [1.82, 2.24) is 15.6 Å². The third kappa shape index (κ3) is 6.59. The van der Waals surface area contributed by atoms with Crippen LogP contribution in [0.15, 0.2) is 97.3 Å². The highest BCUT2D eigenvalue weighted by atomic mass is 16.3. The second-order valence-corrected chi connectivity index (χ2v) is 8.89. The van der Waals surface area contributed by atoms with E-state index < -0.39 is 6.04 Å². The molecule has 1 atom stereocenters. The molecular weight excluding hydrogens is 464 g/mol. The SMILES string of the molecule is CN(C)c1ccc(CNC(=O)c2cccc(C(CO)NC(=O)c3ccc(-c4ccncc4)cc3)c2)cc1. The molecule has 0 radical (unpaired) electrons. The number of aliphatic hydroxyl groups is 1. The average molecular weight is 495 g/mol. The van der Waals surface area contributed by atoms with E-state index in [0.29, 0.717) is 23.2 Å². The van der Waals surface area contributed by atoms with Crippen LogP contribution in [0.1, 0.15) is 37.9 Å². The van der Waals surface area contributed by atoms with Gasteiger partial charge in [0.05, 0.1) is 12.6 Å². The van der Waals surface area contributed by atoms with Gasteiger partial charge in [-0.1, -0.05) is 36.4 Å². The molecule has 7 heteroatoms. The molecule has 0 aliphatic heterocycles. The van der Waals surface area contributed by atoms with Crippen LogP contribution in [0.25, 0.3) is 11.1 Å². The van der Waals surface area contributed by atoms with E-state index in [1.54, 1.807) is 48.8 Å². The number of nitrogens with one attached hydrogen (secondary N) is 2. The lowest BCUT2D eigenvalue weighted by atomic mass is 10.0. The predicted octanol–water partition coefficient (Wildman–Crippen LogP) is 4.21. The highest BCUT2D eigenvalue weighted by Crippen LogP contribution is 2.20. The zero-order valence-electron chi connectivity index (χ0n) is 20.9. The zero-order valence-corrected chi connectivity index (χ0v) is 20.9. The fourth-order valence-corrected chi connectivity index (χ4v) is 3.93. The second kappa shape index (κ2) is 12.0. The van der Waals surface area contributed by atoms with Crippen molar-refractivity contribution in [3.05, 3.63) is 120 Å². The molecule has 4 rings (SSSR count). The van der Waals surface area contributed by atoms with Gasteiger partial charge in [0, 0.05) is 49.8 Å². The highest BCUT2D eigenvalue weighted by molar-refractivity contribution is 5.95. The van der Waals surface area contributed by atoms with Crippen LogP contribution in [-0.4, -0.2) is 42.6 Å². The van der Waals surface area contributed by atoms with E-state index in [1.807, 2.05) is 67.5 Å². The van der Waals surface area contributed by atoms with E-state index in [2.05, 4.69) is 15.6 Å². The van der Waals surface area contributed by atoms with Crippen LogP contribution in [0.5, 0.6) is 0 Å². The average Bonchev–Trinajstić information content (AvgIpc) is 2.95. The maximum atomic E-state index is 12.9. The number of pyridine rings is 1. The Balaban J connectivity index is 1.39. The van der Waals surface area contributed by atoms with Crippen molar-refractivity contribution in [3.8, 4) is 11.1 Å². The van der Waals surface area contributed by atoms with Gasteiger partial charge in [0.15, 0.2) is 0 Å². The first-order chi connectivity index (χ1) is 17.9. The molecule has 1 unspecified atom stereocenters. The fourth-order valence-electron chi connectivity index (χ4n) is 3.93. The number of carbonyl (C=O) groups is 2. The van der Waals surface area contributed by atoms with Gasteiger partial charge in [0.25, 0.3) is 11.8 Å². The van der Waals surface area contributed by atoms with Crippen molar-refractivity contribution in [2.75, 3.05) is 25.6 Å². The number of nitrogens with zero attached hydrogens (tertiary/aromatic N) is 2. The Morgan fingerprint density at radius 2 is 1.51 bits per heavy atom. The molecular formula is C30H30N4O3. The van der Waals surface area contributed by atoms with Gasteiger partial charge in [-0.2, -0.15) is 0 Å². The maximum absolute atomic E-state index is 12.9. The van der Waals surface area contributed by atoms with E-state index >= 15 is 0 Å². The van der Waals surface area contributed by atoms with Crippen LogP contribution in [0, 0.1) is 0 Å². The number of amides is 2. The summed E-state index contributed by atoms with van der Waals surface area (Å²) in [7, 11) is 3.96. The lowest BCUT2D eigenvalue weighted by Crippen LogP contribution is -2.31. The number of carbonyl (C=O) groups excluding carboxylic acids is 2. The largest absolute Gasteiger partial charge is 0.394 e. The molecule has 0 fully saturated rings. The van der Waals surface area contributed by atoms with Crippen LogP contribution >= 0.6 is 0 Å². The number of rotatable bonds is 9. The topological polar surface area (TPSA) is 94.6 Å². The van der Waals surface area contributed by atoms with Crippen molar-refractivity contribution in [2.45, 2.75) is 12.6 Å². The standard InChI is InChI=1S/C30H30N4O3/c1-34(2)27-12-6-21(7-13-27)19-32-29(36)26-5-3-4-25(18-26)28(20-35)33-30(37)24-10-8-22(9-11-24)23-14-16-31-17-15-23/h3-18,28,35H,19-20H2,1-2H3,(H,32,36)(H,33,37). The Kier molecular flexibility index (Phi) is 8.28. The first-order valence-corrected chi connectivity index (χ1v) is 12.0. The van der Waals surface area contributed by atoms with Crippen molar-refractivity contribution in [1.29, 1.82) is 0 Å². The molecule has 0 bridgehead atoms. The summed E-state index contributed by atoms with van der Waals surface area (Å²) >= 11 is 0. The summed E-state index contributed by atoms with van der Waals surface area (Å²) < 4.78 is 0. The third-order valence-electron chi connectivity index (χ3n) is 6.11. The molecule has 4 aromatic rings. The van der Waals surface area contributed by atoms with E-state index in [4.69, 9.17) is 0 Å². The minimum absolute atomic E-state index is 0.228. The molecule has 0 saturated carbocycles. The summed E-state index contributed by atoms with van der Waals surface area (Å²) in [5, 5.41) is 15.8. The van der Waals surface area contributed by atoms with Crippen LogP contribution in [0.2, 0.25) is 0 Å². The molecule has 188 valence electrons. The van der Waals surface area contributed by atoms with Gasteiger partial charge >= 0.3 is 0 Å². The summed E-state index contributed by atoms with van der Waals surface area (Å²) in [6, 6.07) is 25.3. The summed E-state index contributed by atoms with van der Waals surface area (Å²) in [5.41, 5.74) is 5.64. The van der Waals surface area contributed by atoms with Crippen LogP contribution in [0.4, 0.5) is 5.69 Å². The Labute approximate surface area is 216 Å². The summed E-state index contributed by atoms with van der Waals surface area (Å²) in [5.74, 6) is -0.537. The van der Waals surface area contributed by atoms with Crippen LogP contribution in [0.3, 0.4) is 0 Å². The molecule has 7 nitrogen and oxygen atoms in total. The minimum Gasteiger partial charge on any atom is -0.394 e. The summed E-state index contributed by atoms with van der Waals surface area (Å²) in [4.78, 5) is 31.7. The number of aliphatic hydroxyl groups excluding tert-OH is 1. The smallest absolute Gasteiger partial charge is 0.251 e. The van der Waals surface area contributed by atoms with Gasteiger partial charge in [-0.15, -0.1) is 0 Å². The van der Waals surface area contributed by atoms with Crippen molar-refractivity contribution >= 4 is 17.5 Å². The summed E-state index contributed by atoms with van der Waals surface area (Å²) in [6.45, 7) is 0.0938. The van der Waals surface area contributed by atoms with E-state index in [0.717, 1.165) is 22.4 Å². The lowest BCUT2D eigenvalue weighted by molar-refractivity contribution is 0.0916. The van der Waals surface area contributed by atoms with Crippen LogP contribution < -0.4 is 15.5 Å². The molecule has 0 saturated heterocycles. The molecule has 3 N–H and O–H groups in total. The molecule has 0 aliphatic carbocycles. The number of aromatic nitrogens is 1. The Morgan fingerprint density at radius 1 is 0.838 bits per heavy atom. The Hall–Kier alpha value is -4.49. The van der Waals surface area contributed by atoms with Crippen molar-refractivity contribution in [3.63, 3.8) is 0 Å². The highest BCUT2D eigenvalue weighted by Gasteiger charge is 2.17. The van der Waals surface area contributed by atoms with Crippen molar-refractivity contribution in [2.24, 2.45) is 0 Å². The van der Waals surface area contributed by atoms with Crippen LogP contribution in [-0.2, 0) is 6.54 Å². The molecule has 0 aliphatic rings. The lowest BCUT2D eigenvalue weighted by Gasteiger charge is -2.18. The van der Waals surface area contributed by atoms with Gasteiger partial charge in [-0.05, 0) is 70.8 Å².